The van der Waals surface area contributed by atoms with Gasteiger partial charge in [0.1, 0.15) is 11.6 Å². The maximum absolute atomic E-state index is 12.1. The fourth-order valence-electron chi connectivity index (χ4n) is 2.36. The molecule has 0 unspecified atom stereocenters. The summed E-state index contributed by atoms with van der Waals surface area (Å²) in [7, 11) is 0. The van der Waals surface area contributed by atoms with E-state index in [1.807, 2.05) is 11.8 Å². The van der Waals surface area contributed by atoms with Crippen LogP contribution in [0.3, 0.4) is 0 Å². The van der Waals surface area contributed by atoms with Gasteiger partial charge in [-0.05, 0) is 25.2 Å². The molecule has 1 fully saturated rings. The Morgan fingerprint density at radius 1 is 1.37 bits per heavy atom. The van der Waals surface area contributed by atoms with E-state index in [0.29, 0.717) is 24.6 Å². The maximum Gasteiger partial charge on any atom is 0.222 e. The van der Waals surface area contributed by atoms with Gasteiger partial charge >= 0.3 is 0 Å². The molecule has 0 radical (unpaired) electrons. The number of nitrogens with zero attached hydrogens (tertiary/aromatic N) is 3. The maximum atomic E-state index is 12.1. The molecule has 2 rings (SSSR count). The minimum Gasteiger partial charge on any atom is -0.384 e. The molecular formula is C14H22N4O. The van der Waals surface area contributed by atoms with Crippen LogP contribution < -0.4 is 5.73 Å². The molecule has 0 aliphatic carbocycles. The highest BCUT2D eigenvalue weighted by Gasteiger charge is 2.27. The highest BCUT2D eigenvalue weighted by atomic mass is 16.2. The fourth-order valence-corrected chi connectivity index (χ4v) is 2.36. The van der Waals surface area contributed by atoms with Crippen molar-refractivity contribution in [3.8, 4) is 0 Å². The summed E-state index contributed by atoms with van der Waals surface area (Å²) < 4.78 is 0. The second kappa shape index (κ2) is 5.15. The average Bonchev–Trinajstić information content (AvgIpc) is 2.41. The average molecular weight is 262 g/mol. The molecule has 1 aromatic heterocycles. The molecule has 2 heterocycles. The molecule has 2 N–H and O–H groups in total. The number of amides is 1. The first-order valence-corrected chi connectivity index (χ1v) is 6.73. The van der Waals surface area contributed by atoms with E-state index < -0.39 is 0 Å². The van der Waals surface area contributed by atoms with Crippen LogP contribution in [0.4, 0.5) is 5.82 Å². The largest absolute Gasteiger partial charge is 0.384 e. The van der Waals surface area contributed by atoms with Crippen molar-refractivity contribution in [3.05, 3.63) is 17.6 Å². The number of hydrogen-bond donors (Lipinski definition) is 1. The summed E-state index contributed by atoms with van der Waals surface area (Å²) in [5.41, 5.74) is 6.79. The van der Waals surface area contributed by atoms with Crippen LogP contribution in [0, 0.1) is 12.3 Å². The van der Waals surface area contributed by atoms with Gasteiger partial charge in [0, 0.05) is 24.7 Å². The van der Waals surface area contributed by atoms with Crippen LogP contribution in [-0.2, 0) is 11.3 Å². The summed E-state index contributed by atoms with van der Waals surface area (Å²) in [5, 5.41) is 0. The lowest BCUT2D eigenvalue weighted by molar-refractivity contribution is -0.131. The van der Waals surface area contributed by atoms with Gasteiger partial charge in [0.25, 0.3) is 0 Å². The third-order valence-corrected chi connectivity index (χ3v) is 3.68. The van der Waals surface area contributed by atoms with Crippen LogP contribution in [0.25, 0.3) is 0 Å². The Bertz CT molecular complexity index is 464. The van der Waals surface area contributed by atoms with Crippen molar-refractivity contribution in [2.45, 2.75) is 46.6 Å². The summed E-state index contributed by atoms with van der Waals surface area (Å²) in [4.78, 5) is 22.5. The Labute approximate surface area is 114 Å². The Hall–Kier alpha value is -1.65. The lowest BCUT2D eigenvalue weighted by Gasteiger charge is -2.23. The van der Waals surface area contributed by atoms with Crippen LogP contribution in [-0.4, -0.2) is 27.3 Å². The lowest BCUT2D eigenvalue weighted by Crippen LogP contribution is -2.31. The molecule has 5 nitrogen and oxygen atoms in total. The number of nitrogens with two attached hydrogens (primary N) is 1. The van der Waals surface area contributed by atoms with Gasteiger partial charge in [-0.25, -0.2) is 9.97 Å². The van der Waals surface area contributed by atoms with E-state index in [4.69, 9.17) is 5.73 Å². The van der Waals surface area contributed by atoms with E-state index in [0.717, 1.165) is 25.1 Å². The number of rotatable bonds is 2. The molecule has 0 bridgehead atoms. The van der Waals surface area contributed by atoms with Crippen LogP contribution in [0.1, 0.15) is 44.6 Å². The lowest BCUT2D eigenvalue weighted by atomic mass is 9.85. The third kappa shape index (κ3) is 3.66. The number of aryl methyl sites for hydroxylation is 1. The van der Waals surface area contributed by atoms with Gasteiger partial charge in [-0.1, -0.05) is 13.8 Å². The summed E-state index contributed by atoms with van der Waals surface area (Å²) in [6, 6.07) is 1.73. The zero-order valence-electron chi connectivity index (χ0n) is 11.9. The van der Waals surface area contributed by atoms with Crippen molar-refractivity contribution < 1.29 is 4.79 Å². The van der Waals surface area contributed by atoms with E-state index in [1.54, 1.807) is 6.07 Å². The summed E-state index contributed by atoms with van der Waals surface area (Å²) in [5.74, 6) is 1.28. The molecular weight excluding hydrogens is 240 g/mol. The number of carbonyl (C=O) groups is 1. The zero-order valence-corrected chi connectivity index (χ0v) is 11.9. The van der Waals surface area contributed by atoms with Crippen molar-refractivity contribution in [1.29, 1.82) is 0 Å². The first-order valence-electron chi connectivity index (χ1n) is 6.73. The molecule has 1 amide bonds. The van der Waals surface area contributed by atoms with Crippen molar-refractivity contribution in [2.24, 2.45) is 5.41 Å². The normalized spacial score (nSPS) is 19.3. The van der Waals surface area contributed by atoms with E-state index in [2.05, 4.69) is 23.8 Å². The monoisotopic (exact) mass is 262 g/mol. The first kappa shape index (κ1) is 13.8. The van der Waals surface area contributed by atoms with E-state index in [1.165, 1.54) is 0 Å². The van der Waals surface area contributed by atoms with Gasteiger partial charge in [0.15, 0.2) is 0 Å². The predicted octanol–water partition coefficient (Wildman–Crippen LogP) is 1.91. The van der Waals surface area contributed by atoms with Crippen molar-refractivity contribution in [1.82, 2.24) is 14.9 Å². The van der Waals surface area contributed by atoms with E-state index in [9.17, 15) is 4.79 Å². The Balaban J connectivity index is 2.11. The molecule has 1 aromatic rings. The van der Waals surface area contributed by atoms with Crippen LogP contribution in [0.2, 0.25) is 0 Å². The third-order valence-electron chi connectivity index (χ3n) is 3.68. The second-order valence-corrected chi connectivity index (χ2v) is 6.08. The number of anilines is 1. The minimum atomic E-state index is 0.189. The smallest absolute Gasteiger partial charge is 0.222 e. The van der Waals surface area contributed by atoms with Gasteiger partial charge in [0.05, 0.1) is 6.54 Å². The Morgan fingerprint density at radius 3 is 2.79 bits per heavy atom. The molecule has 0 spiro atoms. The van der Waals surface area contributed by atoms with Crippen LogP contribution >= 0.6 is 0 Å². The highest BCUT2D eigenvalue weighted by Crippen LogP contribution is 2.30. The molecule has 104 valence electrons. The summed E-state index contributed by atoms with van der Waals surface area (Å²) >= 11 is 0. The SMILES string of the molecule is Cc1cc(N)nc(CN2CCC(C)(C)CCC2=O)n1. The van der Waals surface area contributed by atoms with Crippen LogP contribution in [0.5, 0.6) is 0 Å². The number of likely N-dealkylation sites (tertiary alicyclic amines) is 1. The number of aromatic nitrogens is 2. The molecule has 5 heteroatoms. The predicted molar refractivity (Wildman–Crippen MR) is 74.2 cm³/mol. The molecule has 0 atom stereocenters. The quantitative estimate of drug-likeness (QED) is 0.883. The van der Waals surface area contributed by atoms with Gasteiger partial charge in [-0.15, -0.1) is 0 Å². The zero-order chi connectivity index (χ0) is 14.0. The van der Waals surface area contributed by atoms with Gasteiger partial charge in [-0.2, -0.15) is 0 Å². The molecule has 19 heavy (non-hydrogen) atoms. The van der Waals surface area contributed by atoms with E-state index in [-0.39, 0.29) is 11.3 Å². The van der Waals surface area contributed by atoms with Gasteiger partial charge in [0.2, 0.25) is 5.91 Å². The summed E-state index contributed by atoms with van der Waals surface area (Å²) in [6.45, 7) is 7.54. The topological polar surface area (TPSA) is 72.1 Å². The molecule has 1 aliphatic rings. The minimum absolute atomic E-state index is 0.189. The second-order valence-electron chi connectivity index (χ2n) is 6.08. The van der Waals surface area contributed by atoms with E-state index >= 15 is 0 Å². The molecule has 0 aromatic carbocycles. The molecule has 1 aliphatic heterocycles. The standard InChI is InChI=1S/C14H22N4O/c1-10-8-11(15)17-12(16-10)9-18-7-6-14(2,3)5-4-13(18)19/h8H,4-7,9H2,1-3H3,(H2,15,16,17). The van der Waals surface area contributed by atoms with Crippen molar-refractivity contribution in [2.75, 3.05) is 12.3 Å². The van der Waals surface area contributed by atoms with Crippen molar-refractivity contribution >= 4 is 11.7 Å². The summed E-state index contributed by atoms with van der Waals surface area (Å²) in [6.07, 6.45) is 2.56. The van der Waals surface area contributed by atoms with Gasteiger partial charge < -0.3 is 10.6 Å². The number of nitrogen functional groups attached to an aromatic ring is 1. The fraction of sp³-hybridized carbons (Fsp3) is 0.643. The highest BCUT2D eigenvalue weighted by molar-refractivity contribution is 5.76. The number of carbonyl (C=O) groups excluding carboxylic acids is 1. The van der Waals surface area contributed by atoms with Crippen LogP contribution in [0.15, 0.2) is 6.07 Å². The first-order chi connectivity index (χ1) is 8.85. The Morgan fingerprint density at radius 2 is 2.11 bits per heavy atom. The Kier molecular flexibility index (Phi) is 3.73. The molecule has 0 saturated carbocycles. The van der Waals surface area contributed by atoms with Crippen molar-refractivity contribution in [3.63, 3.8) is 0 Å². The van der Waals surface area contributed by atoms with Gasteiger partial charge in [-0.3, -0.25) is 4.79 Å². The molecule has 1 saturated heterocycles. The number of hydrogen-bond acceptors (Lipinski definition) is 4.